The number of carbonyl (C=O) groups excluding carboxylic acids is 3. The fourth-order valence-electron chi connectivity index (χ4n) is 2.01. The molecule has 0 bridgehead atoms. The van der Waals surface area contributed by atoms with Gasteiger partial charge in [0.1, 0.15) is 5.75 Å². The lowest BCUT2D eigenvalue weighted by atomic mass is 10.1. The molecule has 0 saturated carbocycles. The van der Waals surface area contributed by atoms with Crippen molar-refractivity contribution in [1.82, 2.24) is 0 Å². The minimum Gasteiger partial charge on any atom is -0.497 e. The molecule has 124 valence electrons. The van der Waals surface area contributed by atoms with Crippen molar-refractivity contribution in [2.75, 3.05) is 17.7 Å². The largest absolute Gasteiger partial charge is 0.497 e. The molecule has 0 aliphatic rings. The number of methoxy groups -OCH3 is 1. The summed E-state index contributed by atoms with van der Waals surface area (Å²) < 4.78 is 5.03. The summed E-state index contributed by atoms with van der Waals surface area (Å²) in [6.07, 6.45) is 0.278. The predicted molar refractivity (Wildman–Crippen MR) is 91.3 cm³/mol. The van der Waals surface area contributed by atoms with Crippen LogP contribution in [0.1, 0.15) is 23.7 Å². The molecular formula is C18H18N2O4. The minimum absolute atomic E-state index is 0.144. The number of hydrogen-bond donors (Lipinski definition) is 2. The fourth-order valence-corrected chi connectivity index (χ4v) is 2.01. The average Bonchev–Trinajstić information content (AvgIpc) is 2.62. The zero-order valence-electron chi connectivity index (χ0n) is 13.5. The van der Waals surface area contributed by atoms with E-state index in [2.05, 4.69) is 10.6 Å². The van der Waals surface area contributed by atoms with Gasteiger partial charge in [-0.2, -0.15) is 0 Å². The van der Waals surface area contributed by atoms with E-state index in [0.29, 0.717) is 17.1 Å². The summed E-state index contributed by atoms with van der Waals surface area (Å²) in [6, 6.07) is 13.0. The van der Waals surface area contributed by atoms with Crippen molar-refractivity contribution >= 4 is 29.0 Å². The molecule has 6 heteroatoms. The number of hydrogen-bond acceptors (Lipinski definition) is 4. The Hall–Kier alpha value is -3.15. The van der Waals surface area contributed by atoms with Crippen LogP contribution in [0.2, 0.25) is 0 Å². The first-order valence-corrected chi connectivity index (χ1v) is 7.43. The van der Waals surface area contributed by atoms with Gasteiger partial charge in [-0.25, -0.2) is 0 Å². The molecule has 0 radical (unpaired) electrons. The normalized spacial score (nSPS) is 9.92. The molecule has 2 amide bonds. The molecule has 0 aliphatic heterocycles. The zero-order chi connectivity index (χ0) is 17.5. The summed E-state index contributed by atoms with van der Waals surface area (Å²) in [6.45, 7) is 1.70. The molecule has 0 aromatic heterocycles. The maximum absolute atomic E-state index is 12.4. The number of anilines is 2. The minimum atomic E-state index is -0.779. The van der Waals surface area contributed by atoms with Gasteiger partial charge in [0.05, 0.1) is 18.4 Å². The lowest BCUT2D eigenvalue weighted by Crippen LogP contribution is -2.24. The zero-order valence-corrected chi connectivity index (χ0v) is 13.5. The van der Waals surface area contributed by atoms with Crippen LogP contribution in [0.4, 0.5) is 11.4 Å². The van der Waals surface area contributed by atoms with E-state index < -0.39 is 11.7 Å². The van der Waals surface area contributed by atoms with Gasteiger partial charge in [-0.3, -0.25) is 14.4 Å². The summed E-state index contributed by atoms with van der Waals surface area (Å²) >= 11 is 0. The first kappa shape index (κ1) is 17.2. The third-order valence-corrected chi connectivity index (χ3v) is 3.32. The number of Topliss-reactive ketones (excluding diaryl/α,β-unsaturated/α-hetero) is 1. The van der Waals surface area contributed by atoms with Gasteiger partial charge in [-0.05, 0) is 36.4 Å². The maximum Gasteiger partial charge on any atom is 0.296 e. The molecule has 0 spiro atoms. The molecule has 0 aliphatic carbocycles. The highest BCUT2D eigenvalue weighted by molar-refractivity contribution is 6.47. The molecule has 2 N–H and O–H groups in total. The molecule has 24 heavy (non-hydrogen) atoms. The Morgan fingerprint density at radius 2 is 1.62 bits per heavy atom. The number of carbonyl (C=O) groups is 3. The molecule has 0 atom stereocenters. The highest BCUT2D eigenvalue weighted by atomic mass is 16.5. The van der Waals surface area contributed by atoms with Crippen molar-refractivity contribution in [2.24, 2.45) is 0 Å². The molecular weight excluding hydrogens is 308 g/mol. The summed E-state index contributed by atoms with van der Waals surface area (Å²) in [4.78, 5) is 36.1. The van der Waals surface area contributed by atoms with E-state index >= 15 is 0 Å². The summed E-state index contributed by atoms with van der Waals surface area (Å²) in [5.41, 5.74) is 0.939. The van der Waals surface area contributed by atoms with Crippen LogP contribution in [0.3, 0.4) is 0 Å². The SMILES string of the molecule is CCC(=O)Nc1ccccc1C(=O)C(=O)Nc1ccc(OC)cc1. The van der Waals surface area contributed by atoms with Crippen LogP contribution in [0.5, 0.6) is 5.75 Å². The van der Waals surface area contributed by atoms with E-state index in [1.54, 1.807) is 56.5 Å². The van der Waals surface area contributed by atoms with Crippen molar-refractivity contribution in [3.63, 3.8) is 0 Å². The van der Waals surface area contributed by atoms with Gasteiger partial charge in [0.25, 0.3) is 11.7 Å². The monoisotopic (exact) mass is 326 g/mol. The second-order valence-corrected chi connectivity index (χ2v) is 4.96. The Labute approximate surface area is 139 Å². The van der Waals surface area contributed by atoms with Gasteiger partial charge >= 0.3 is 0 Å². The average molecular weight is 326 g/mol. The van der Waals surface area contributed by atoms with E-state index in [-0.39, 0.29) is 17.9 Å². The lowest BCUT2D eigenvalue weighted by Gasteiger charge is -2.10. The van der Waals surface area contributed by atoms with Crippen molar-refractivity contribution in [3.05, 3.63) is 54.1 Å². The second kappa shape index (κ2) is 7.92. The Balaban J connectivity index is 2.15. The van der Waals surface area contributed by atoms with Gasteiger partial charge in [0.15, 0.2) is 0 Å². The molecule has 0 fully saturated rings. The molecule has 2 rings (SSSR count). The maximum atomic E-state index is 12.4. The molecule has 0 saturated heterocycles. The van der Waals surface area contributed by atoms with E-state index in [1.807, 2.05) is 0 Å². The van der Waals surface area contributed by atoms with E-state index in [9.17, 15) is 14.4 Å². The third-order valence-electron chi connectivity index (χ3n) is 3.32. The number of ether oxygens (including phenoxy) is 1. The van der Waals surface area contributed by atoms with Crippen LogP contribution in [0.15, 0.2) is 48.5 Å². The van der Waals surface area contributed by atoms with Crippen LogP contribution in [0, 0.1) is 0 Å². The number of benzene rings is 2. The van der Waals surface area contributed by atoms with E-state index in [1.165, 1.54) is 6.07 Å². The molecule has 0 unspecified atom stereocenters. The van der Waals surface area contributed by atoms with Gasteiger partial charge in [0, 0.05) is 12.1 Å². The van der Waals surface area contributed by atoms with Crippen molar-refractivity contribution in [3.8, 4) is 5.75 Å². The lowest BCUT2D eigenvalue weighted by molar-refractivity contribution is -0.116. The topological polar surface area (TPSA) is 84.5 Å². The van der Waals surface area contributed by atoms with E-state index in [4.69, 9.17) is 4.74 Å². The third kappa shape index (κ3) is 4.19. The van der Waals surface area contributed by atoms with Crippen molar-refractivity contribution in [1.29, 1.82) is 0 Å². The summed E-state index contributed by atoms with van der Waals surface area (Å²) in [7, 11) is 1.54. The number of rotatable bonds is 6. The predicted octanol–water partition coefficient (Wildman–Crippen LogP) is 2.87. The Morgan fingerprint density at radius 3 is 2.25 bits per heavy atom. The number of para-hydroxylation sites is 1. The first-order valence-electron chi connectivity index (χ1n) is 7.43. The second-order valence-electron chi connectivity index (χ2n) is 4.96. The Bertz CT molecular complexity index is 754. The van der Waals surface area contributed by atoms with Gasteiger partial charge in [-0.15, -0.1) is 0 Å². The highest BCUT2D eigenvalue weighted by Crippen LogP contribution is 2.18. The summed E-state index contributed by atoms with van der Waals surface area (Å²) in [5.74, 6) is -1.09. The number of amides is 2. The number of nitrogens with one attached hydrogen (secondary N) is 2. The van der Waals surface area contributed by atoms with Crippen LogP contribution in [-0.4, -0.2) is 24.7 Å². The van der Waals surface area contributed by atoms with Gasteiger partial charge in [0.2, 0.25) is 5.91 Å². The Kier molecular flexibility index (Phi) is 5.68. The van der Waals surface area contributed by atoms with Gasteiger partial charge in [-0.1, -0.05) is 19.1 Å². The standard InChI is InChI=1S/C18H18N2O4/c1-3-16(21)20-15-7-5-4-6-14(15)17(22)18(23)19-12-8-10-13(24-2)11-9-12/h4-11H,3H2,1-2H3,(H,19,23)(H,20,21). The molecule has 2 aromatic rings. The fraction of sp³-hybridized carbons (Fsp3) is 0.167. The quantitative estimate of drug-likeness (QED) is 0.631. The molecule has 0 heterocycles. The van der Waals surface area contributed by atoms with Gasteiger partial charge < -0.3 is 15.4 Å². The smallest absolute Gasteiger partial charge is 0.296 e. The highest BCUT2D eigenvalue weighted by Gasteiger charge is 2.20. The first-order chi connectivity index (χ1) is 11.5. The number of ketones is 1. The molecule has 6 nitrogen and oxygen atoms in total. The van der Waals surface area contributed by atoms with E-state index in [0.717, 1.165) is 0 Å². The van der Waals surface area contributed by atoms with Crippen molar-refractivity contribution < 1.29 is 19.1 Å². The van der Waals surface area contributed by atoms with Crippen LogP contribution < -0.4 is 15.4 Å². The van der Waals surface area contributed by atoms with Crippen LogP contribution in [0.25, 0.3) is 0 Å². The van der Waals surface area contributed by atoms with Crippen LogP contribution >= 0.6 is 0 Å². The summed E-state index contributed by atoms with van der Waals surface area (Å²) in [5, 5.41) is 5.15. The van der Waals surface area contributed by atoms with Crippen LogP contribution in [-0.2, 0) is 9.59 Å². The molecule has 2 aromatic carbocycles. The van der Waals surface area contributed by atoms with Crippen molar-refractivity contribution in [2.45, 2.75) is 13.3 Å². The Morgan fingerprint density at radius 1 is 0.958 bits per heavy atom.